The summed E-state index contributed by atoms with van der Waals surface area (Å²) in [6.07, 6.45) is -4.19. The van der Waals surface area contributed by atoms with Crippen molar-refractivity contribution in [2.24, 2.45) is 5.73 Å². The van der Waals surface area contributed by atoms with Gasteiger partial charge in [-0.05, 0) is 25.0 Å². The summed E-state index contributed by atoms with van der Waals surface area (Å²) in [7, 11) is 0. The van der Waals surface area contributed by atoms with Crippen LogP contribution in [-0.4, -0.2) is 23.4 Å². The smallest absolute Gasteiger partial charge is 0.347 e. The molecule has 0 saturated heterocycles. The van der Waals surface area contributed by atoms with Crippen LogP contribution in [0.25, 0.3) is 0 Å². The minimum atomic E-state index is -4.78. The summed E-state index contributed by atoms with van der Waals surface area (Å²) >= 11 is 1.63. The maximum atomic E-state index is 12.7. The van der Waals surface area contributed by atoms with Crippen LogP contribution < -0.4 is 11.1 Å². The summed E-state index contributed by atoms with van der Waals surface area (Å²) in [6.45, 7) is 0.686. The molecule has 0 radical (unpaired) electrons. The van der Waals surface area contributed by atoms with Gasteiger partial charge in [-0.3, -0.25) is 4.79 Å². The molecule has 0 saturated carbocycles. The molecule has 0 bridgehead atoms. The zero-order valence-corrected chi connectivity index (χ0v) is 11.6. The van der Waals surface area contributed by atoms with Crippen LogP contribution in [0.1, 0.15) is 24.9 Å². The number of nitrogens with two attached hydrogens (primary N) is 1. The first-order valence-electron chi connectivity index (χ1n) is 6.12. The van der Waals surface area contributed by atoms with Crippen LogP contribution in [0.5, 0.6) is 0 Å². The molecule has 1 aromatic rings. The Balaban J connectivity index is 2.18. The number of carbonyl (C=O) groups is 1. The van der Waals surface area contributed by atoms with E-state index in [9.17, 15) is 18.0 Å². The van der Waals surface area contributed by atoms with Gasteiger partial charge in [0.2, 0.25) is 5.91 Å². The monoisotopic (exact) mass is 304 g/mol. The van der Waals surface area contributed by atoms with Crippen LogP contribution in [0.15, 0.2) is 29.2 Å². The number of alkyl halides is 3. The molecule has 20 heavy (non-hydrogen) atoms. The van der Waals surface area contributed by atoms with E-state index < -0.39 is 23.7 Å². The van der Waals surface area contributed by atoms with E-state index in [4.69, 9.17) is 5.73 Å². The first-order valence-corrected chi connectivity index (χ1v) is 7.10. The highest BCUT2D eigenvalue weighted by Gasteiger charge is 2.54. The van der Waals surface area contributed by atoms with Crippen LogP contribution in [0.4, 0.5) is 13.2 Å². The van der Waals surface area contributed by atoms with Gasteiger partial charge < -0.3 is 11.1 Å². The normalized spacial score (nSPS) is 21.8. The Morgan fingerprint density at radius 2 is 2.05 bits per heavy atom. The Labute approximate surface area is 119 Å². The fourth-order valence-electron chi connectivity index (χ4n) is 1.93. The van der Waals surface area contributed by atoms with Crippen molar-refractivity contribution in [2.75, 3.05) is 5.75 Å². The van der Waals surface area contributed by atoms with Gasteiger partial charge in [-0.15, -0.1) is 11.8 Å². The standard InChI is InChI=1S/C13H15F3N2OS/c1-12(17,13(14,15)16)11(19)18-9-6-7-20-10-5-3-2-4-8(9)10/h2-5,9H,6-7,17H2,1H3,(H,18,19). The van der Waals surface area contributed by atoms with Crippen molar-refractivity contribution < 1.29 is 18.0 Å². The molecule has 3 nitrogen and oxygen atoms in total. The molecule has 2 atom stereocenters. The Morgan fingerprint density at radius 3 is 2.70 bits per heavy atom. The minimum absolute atomic E-state index is 0.426. The van der Waals surface area contributed by atoms with E-state index in [1.165, 1.54) is 0 Å². The number of fused-ring (bicyclic) bond motifs is 1. The van der Waals surface area contributed by atoms with Crippen LogP contribution >= 0.6 is 11.8 Å². The molecule has 2 unspecified atom stereocenters. The molecule has 0 spiro atoms. The SMILES string of the molecule is CC(N)(C(=O)NC1CCSc2ccccc21)C(F)(F)F. The highest BCUT2D eigenvalue weighted by molar-refractivity contribution is 7.99. The number of benzene rings is 1. The van der Waals surface area contributed by atoms with Crippen molar-refractivity contribution in [3.63, 3.8) is 0 Å². The number of carbonyl (C=O) groups excluding carboxylic acids is 1. The zero-order valence-electron chi connectivity index (χ0n) is 10.8. The Bertz CT molecular complexity index is 517. The molecule has 1 aromatic carbocycles. The summed E-state index contributed by atoms with van der Waals surface area (Å²) < 4.78 is 38.2. The average molecular weight is 304 g/mol. The first kappa shape index (κ1) is 15.2. The van der Waals surface area contributed by atoms with Gasteiger partial charge in [0.1, 0.15) is 0 Å². The fraction of sp³-hybridized carbons (Fsp3) is 0.462. The zero-order chi connectivity index (χ0) is 15.0. The van der Waals surface area contributed by atoms with Crippen LogP contribution in [-0.2, 0) is 4.79 Å². The molecule has 1 aliphatic rings. The second kappa shape index (κ2) is 5.29. The number of amides is 1. The van der Waals surface area contributed by atoms with Gasteiger partial charge in [0, 0.05) is 10.6 Å². The molecule has 0 aliphatic carbocycles. The van der Waals surface area contributed by atoms with E-state index in [1.807, 2.05) is 18.2 Å². The molecule has 0 aromatic heterocycles. The van der Waals surface area contributed by atoms with Crippen LogP contribution in [0.2, 0.25) is 0 Å². The highest BCUT2D eigenvalue weighted by Crippen LogP contribution is 2.36. The molecule has 1 aliphatic heterocycles. The van der Waals surface area contributed by atoms with E-state index in [0.717, 1.165) is 16.2 Å². The molecule has 3 N–H and O–H groups in total. The van der Waals surface area contributed by atoms with E-state index in [1.54, 1.807) is 17.8 Å². The van der Waals surface area contributed by atoms with Gasteiger partial charge >= 0.3 is 6.18 Å². The van der Waals surface area contributed by atoms with Crippen LogP contribution in [0, 0.1) is 0 Å². The van der Waals surface area contributed by atoms with Crippen molar-refractivity contribution in [3.05, 3.63) is 29.8 Å². The topological polar surface area (TPSA) is 55.1 Å². The maximum absolute atomic E-state index is 12.7. The van der Waals surface area contributed by atoms with Crippen molar-refractivity contribution in [3.8, 4) is 0 Å². The lowest BCUT2D eigenvalue weighted by Crippen LogP contribution is -2.61. The quantitative estimate of drug-likeness (QED) is 0.883. The molecule has 7 heteroatoms. The molecular formula is C13H15F3N2OS. The number of rotatable bonds is 2. The third kappa shape index (κ3) is 2.78. The second-order valence-corrected chi connectivity index (χ2v) is 6.04. The van der Waals surface area contributed by atoms with Crippen molar-refractivity contribution in [1.82, 2.24) is 5.32 Å². The Morgan fingerprint density at radius 1 is 1.40 bits per heavy atom. The number of hydrogen-bond donors (Lipinski definition) is 2. The maximum Gasteiger partial charge on any atom is 0.415 e. The summed E-state index contributed by atoms with van der Waals surface area (Å²) in [5.74, 6) is -0.452. The fourth-order valence-corrected chi connectivity index (χ4v) is 3.05. The highest BCUT2D eigenvalue weighted by atomic mass is 32.2. The Kier molecular flexibility index (Phi) is 4.02. The average Bonchev–Trinajstić information content (AvgIpc) is 2.37. The second-order valence-electron chi connectivity index (χ2n) is 4.90. The number of nitrogens with one attached hydrogen (secondary N) is 1. The Hall–Kier alpha value is -1.21. The van der Waals surface area contributed by atoms with Crippen molar-refractivity contribution >= 4 is 17.7 Å². The lowest BCUT2D eigenvalue weighted by molar-refractivity contribution is -0.187. The van der Waals surface area contributed by atoms with Crippen LogP contribution in [0.3, 0.4) is 0 Å². The van der Waals surface area contributed by atoms with Crippen molar-refractivity contribution in [1.29, 1.82) is 0 Å². The summed E-state index contributed by atoms with van der Waals surface area (Å²) in [5, 5.41) is 2.42. The molecular weight excluding hydrogens is 289 g/mol. The minimum Gasteiger partial charge on any atom is -0.347 e. The lowest BCUT2D eigenvalue weighted by Gasteiger charge is -2.31. The van der Waals surface area contributed by atoms with Gasteiger partial charge in [0.05, 0.1) is 6.04 Å². The van der Waals surface area contributed by atoms with Gasteiger partial charge in [-0.2, -0.15) is 13.2 Å². The first-order chi connectivity index (χ1) is 9.23. The molecule has 110 valence electrons. The third-order valence-electron chi connectivity index (χ3n) is 3.32. The lowest BCUT2D eigenvalue weighted by atomic mass is 9.98. The molecule has 1 amide bonds. The van der Waals surface area contributed by atoms with E-state index in [-0.39, 0.29) is 0 Å². The number of thioether (sulfide) groups is 1. The van der Waals surface area contributed by atoms with Gasteiger partial charge in [0.25, 0.3) is 0 Å². The predicted molar refractivity (Wildman–Crippen MR) is 71.3 cm³/mol. The van der Waals surface area contributed by atoms with Crippen molar-refractivity contribution in [2.45, 2.75) is 36.0 Å². The molecule has 2 rings (SSSR count). The van der Waals surface area contributed by atoms with E-state index in [2.05, 4.69) is 5.32 Å². The molecule has 1 heterocycles. The van der Waals surface area contributed by atoms with Gasteiger partial charge in [-0.1, -0.05) is 18.2 Å². The summed E-state index contributed by atoms with van der Waals surface area (Å²) in [5.41, 5.74) is 3.09. The van der Waals surface area contributed by atoms with E-state index in [0.29, 0.717) is 13.3 Å². The van der Waals surface area contributed by atoms with E-state index >= 15 is 0 Å². The number of hydrogen-bond acceptors (Lipinski definition) is 3. The number of halogens is 3. The third-order valence-corrected chi connectivity index (χ3v) is 4.45. The predicted octanol–water partition coefficient (Wildman–Crippen LogP) is 2.62. The van der Waals surface area contributed by atoms with Gasteiger partial charge in [0.15, 0.2) is 5.54 Å². The summed E-state index contributed by atoms with van der Waals surface area (Å²) in [6, 6.07) is 6.94. The van der Waals surface area contributed by atoms with Gasteiger partial charge in [-0.25, -0.2) is 0 Å². The molecule has 0 fully saturated rings. The summed E-state index contributed by atoms with van der Waals surface area (Å²) in [4.78, 5) is 12.8. The largest absolute Gasteiger partial charge is 0.415 e.